The second-order valence-electron chi connectivity index (χ2n) is 4.74. The Balaban J connectivity index is 2.88. The van der Waals surface area contributed by atoms with E-state index in [4.69, 9.17) is 5.73 Å². The molecule has 0 spiro atoms. The van der Waals surface area contributed by atoms with Crippen molar-refractivity contribution in [2.45, 2.75) is 13.8 Å². The molecular formula is C12H23N5. The molecule has 0 aliphatic rings. The van der Waals surface area contributed by atoms with E-state index in [0.29, 0.717) is 12.5 Å². The molecule has 2 N–H and O–H groups in total. The van der Waals surface area contributed by atoms with E-state index in [-0.39, 0.29) is 0 Å². The van der Waals surface area contributed by atoms with Crippen molar-refractivity contribution in [3.63, 3.8) is 0 Å². The molecule has 17 heavy (non-hydrogen) atoms. The number of nitrogens with zero attached hydrogens (tertiary/aromatic N) is 4. The Morgan fingerprint density at radius 1 is 1.35 bits per heavy atom. The van der Waals surface area contributed by atoms with Crippen LogP contribution in [0.15, 0.2) is 12.3 Å². The smallest absolute Gasteiger partial charge is 0.226 e. The van der Waals surface area contributed by atoms with Gasteiger partial charge in [-0.3, -0.25) is 0 Å². The highest BCUT2D eigenvalue weighted by atomic mass is 15.3. The fourth-order valence-electron chi connectivity index (χ4n) is 1.63. The van der Waals surface area contributed by atoms with Crippen molar-refractivity contribution >= 4 is 11.8 Å². The molecule has 0 amide bonds. The molecule has 96 valence electrons. The van der Waals surface area contributed by atoms with Gasteiger partial charge in [0, 0.05) is 39.9 Å². The van der Waals surface area contributed by atoms with E-state index >= 15 is 0 Å². The topological polar surface area (TPSA) is 58.3 Å². The molecule has 0 aromatic carbocycles. The third-order valence-corrected chi connectivity index (χ3v) is 2.34. The highest BCUT2D eigenvalue weighted by Crippen LogP contribution is 2.14. The maximum atomic E-state index is 5.64. The molecule has 0 atom stereocenters. The van der Waals surface area contributed by atoms with Crippen molar-refractivity contribution in [2.75, 3.05) is 43.5 Å². The summed E-state index contributed by atoms with van der Waals surface area (Å²) in [6, 6.07) is 1.94. The van der Waals surface area contributed by atoms with Crippen LogP contribution in [0.25, 0.3) is 0 Å². The van der Waals surface area contributed by atoms with Crippen molar-refractivity contribution in [1.29, 1.82) is 0 Å². The van der Waals surface area contributed by atoms with Gasteiger partial charge in [-0.1, -0.05) is 13.8 Å². The van der Waals surface area contributed by atoms with Crippen LogP contribution in [0.2, 0.25) is 0 Å². The van der Waals surface area contributed by atoms with Gasteiger partial charge in [-0.2, -0.15) is 4.98 Å². The van der Waals surface area contributed by atoms with Crippen LogP contribution in [-0.2, 0) is 0 Å². The molecule has 0 aliphatic carbocycles. The molecule has 5 heteroatoms. The molecule has 1 aromatic rings. The summed E-state index contributed by atoms with van der Waals surface area (Å²) in [4.78, 5) is 12.9. The molecule has 0 unspecified atom stereocenters. The number of hydrogen-bond donors (Lipinski definition) is 1. The fraction of sp³-hybridized carbons (Fsp3) is 0.667. The first-order valence-corrected chi connectivity index (χ1v) is 6.00. The minimum atomic E-state index is 0.583. The molecule has 0 bridgehead atoms. The van der Waals surface area contributed by atoms with Crippen LogP contribution >= 0.6 is 0 Å². The van der Waals surface area contributed by atoms with E-state index in [1.54, 1.807) is 6.20 Å². The fourth-order valence-corrected chi connectivity index (χ4v) is 1.63. The lowest BCUT2D eigenvalue weighted by Gasteiger charge is -2.25. The molecular weight excluding hydrogens is 214 g/mol. The SMILES string of the molecule is CC(C)CN(CCN)c1ccnc(N(C)C)n1. The summed E-state index contributed by atoms with van der Waals surface area (Å²) in [6.45, 7) is 6.80. The predicted octanol–water partition coefficient (Wildman–Crippen LogP) is 0.964. The van der Waals surface area contributed by atoms with E-state index in [0.717, 1.165) is 24.9 Å². The molecule has 0 saturated carbocycles. The van der Waals surface area contributed by atoms with Crippen molar-refractivity contribution in [2.24, 2.45) is 11.7 Å². The normalized spacial score (nSPS) is 10.7. The second kappa shape index (κ2) is 6.39. The van der Waals surface area contributed by atoms with Crippen LogP contribution < -0.4 is 15.5 Å². The third-order valence-electron chi connectivity index (χ3n) is 2.34. The third kappa shape index (κ3) is 4.19. The molecule has 1 aromatic heterocycles. The highest BCUT2D eigenvalue weighted by molar-refractivity contribution is 5.43. The Hall–Kier alpha value is -1.36. The van der Waals surface area contributed by atoms with Crippen LogP contribution in [0.5, 0.6) is 0 Å². The molecule has 1 rings (SSSR count). The van der Waals surface area contributed by atoms with Crippen molar-refractivity contribution < 1.29 is 0 Å². The molecule has 0 saturated heterocycles. The number of anilines is 2. The summed E-state index contributed by atoms with van der Waals surface area (Å²) in [6.07, 6.45) is 1.79. The van der Waals surface area contributed by atoms with Gasteiger partial charge in [0.25, 0.3) is 0 Å². The summed E-state index contributed by atoms with van der Waals surface area (Å²) in [5.74, 6) is 2.26. The average Bonchev–Trinajstić information content (AvgIpc) is 2.28. The summed E-state index contributed by atoms with van der Waals surface area (Å²) in [5, 5.41) is 0. The zero-order valence-corrected chi connectivity index (χ0v) is 11.2. The summed E-state index contributed by atoms with van der Waals surface area (Å²) in [5.41, 5.74) is 5.64. The second-order valence-corrected chi connectivity index (χ2v) is 4.74. The Bertz CT molecular complexity index is 337. The van der Waals surface area contributed by atoms with Gasteiger partial charge in [-0.05, 0) is 12.0 Å². The Labute approximate surface area is 104 Å². The first kappa shape index (κ1) is 13.7. The van der Waals surface area contributed by atoms with Crippen molar-refractivity contribution in [1.82, 2.24) is 9.97 Å². The quantitative estimate of drug-likeness (QED) is 0.798. The van der Waals surface area contributed by atoms with E-state index in [1.807, 2.05) is 25.1 Å². The standard InChI is InChI=1S/C12H23N5/c1-10(2)9-17(8-6-13)11-5-7-14-12(15-11)16(3)4/h5,7,10H,6,8-9,13H2,1-4H3. The Morgan fingerprint density at radius 3 is 2.59 bits per heavy atom. The molecule has 5 nitrogen and oxygen atoms in total. The zero-order valence-electron chi connectivity index (χ0n) is 11.2. The van der Waals surface area contributed by atoms with Crippen LogP contribution in [-0.4, -0.2) is 43.7 Å². The largest absolute Gasteiger partial charge is 0.355 e. The Kier molecular flexibility index (Phi) is 5.15. The first-order valence-electron chi connectivity index (χ1n) is 6.00. The van der Waals surface area contributed by atoms with Gasteiger partial charge < -0.3 is 15.5 Å². The molecule has 0 radical (unpaired) electrons. The van der Waals surface area contributed by atoms with Crippen LogP contribution in [0.4, 0.5) is 11.8 Å². The lowest BCUT2D eigenvalue weighted by atomic mass is 10.2. The van der Waals surface area contributed by atoms with Crippen molar-refractivity contribution in [3.05, 3.63) is 12.3 Å². The minimum Gasteiger partial charge on any atom is -0.355 e. The van der Waals surface area contributed by atoms with Crippen LogP contribution in [0.3, 0.4) is 0 Å². The molecule has 0 fully saturated rings. The molecule has 1 heterocycles. The Morgan fingerprint density at radius 2 is 2.06 bits per heavy atom. The van der Waals surface area contributed by atoms with Crippen LogP contribution in [0, 0.1) is 5.92 Å². The minimum absolute atomic E-state index is 0.583. The van der Waals surface area contributed by atoms with Gasteiger partial charge in [0.15, 0.2) is 0 Å². The van der Waals surface area contributed by atoms with Crippen molar-refractivity contribution in [3.8, 4) is 0 Å². The summed E-state index contributed by atoms with van der Waals surface area (Å²) in [7, 11) is 3.88. The van der Waals surface area contributed by atoms with E-state index in [1.165, 1.54) is 0 Å². The zero-order chi connectivity index (χ0) is 12.8. The number of aromatic nitrogens is 2. The monoisotopic (exact) mass is 237 g/mol. The lowest BCUT2D eigenvalue weighted by Crippen LogP contribution is -2.33. The van der Waals surface area contributed by atoms with Gasteiger partial charge in [0.1, 0.15) is 5.82 Å². The predicted molar refractivity (Wildman–Crippen MR) is 72.5 cm³/mol. The number of nitrogens with two attached hydrogens (primary N) is 1. The molecule has 0 aliphatic heterocycles. The van der Waals surface area contributed by atoms with E-state index in [9.17, 15) is 0 Å². The van der Waals surface area contributed by atoms with Gasteiger partial charge in [0.05, 0.1) is 0 Å². The summed E-state index contributed by atoms with van der Waals surface area (Å²) < 4.78 is 0. The van der Waals surface area contributed by atoms with Gasteiger partial charge in [0.2, 0.25) is 5.95 Å². The first-order chi connectivity index (χ1) is 8.04. The van der Waals surface area contributed by atoms with E-state index < -0.39 is 0 Å². The maximum absolute atomic E-state index is 5.64. The summed E-state index contributed by atoms with van der Waals surface area (Å²) >= 11 is 0. The van der Waals surface area contributed by atoms with Gasteiger partial charge in [-0.25, -0.2) is 4.98 Å². The number of rotatable bonds is 6. The number of hydrogen-bond acceptors (Lipinski definition) is 5. The van der Waals surface area contributed by atoms with Crippen LogP contribution in [0.1, 0.15) is 13.8 Å². The van der Waals surface area contributed by atoms with Gasteiger partial charge in [-0.15, -0.1) is 0 Å². The van der Waals surface area contributed by atoms with E-state index in [2.05, 4.69) is 28.7 Å². The maximum Gasteiger partial charge on any atom is 0.226 e. The highest BCUT2D eigenvalue weighted by Gasteiger charge is 2.10. The average molecular weight is 237 g/mol. The van der Waals surface area contributed by atoms with Gasteiger partial charge >= 0.3 is 0 Å². The lowest BCUT2D eigenvalue weighted by molar-refractivity contribution is 0.607.